The van der Waals surface area contributed by atoms with Crippen LogP contribution in [-0.2, 0) is 21.4 Å². The largest absolute Gasteiger partial charge is 0.497 e. The van der Waals surface area contributed by atoms with E-state index in [-0.39, 0.29) is 43.5 Å². The Kier molecular flexibility index (Phi) is 7.48. The molecule has 1 aliphatic rings. The van der Waals surface area contributed by atoms with Gasteiger partial charge in [0.1, 0.15) is 5.75 Å². The highest BCUT2D eigenvalue weighted by Crippen LogP contribution is 2.20. The fourth-order valence-corrected chi connectivity index (χ4v) is 4.61. The molecule has 0 radical (unpaired) electrons. The minimum absolute atomic E-state index is 0.147. The molecule has 2 N–H and O–H groups in total. The normalized spacial score (nSPS) is 14.7. The van der Waals surface area contributed by atoms with Crippen LogP contribution in [0, 0.1) is 0 Å². The molecule has 2 aromatic carbocycles. The van der Waals surface area contributed by atoms with Gasteiger partial charge >= 0.3 is 6.03 Å². The first-order valence-corrected chi connectivity index (χ1v) is 11.3. The maximum Gasteiger partial charge on any atom is 0.315 e. The Labute approximate surface area is 182 Å². The number of nitrogens with zero attached hydrogens (tertiary/aromatic N) is 2. The Hall–Kier alpha value is -3.11. The summed E-state index contributed by atoms with van der Waals surface area (Å²) in [6.07, 6.45) is 0. The van der Waals surface area contributed by atoms with Crippen molar-refractivity contribution in [3.05, 3.63) is 60.2 Å². The number of piperazine rings is 1. The van der Waals surface area contributed by atoms with E-state index in [2.05, 4.69) is 10.6 Å². The van der Waals surface area contributed by atoms with Crippen LogP contribution in [0.4, 0.5) is 4.79 Å². The summed E-state index contributed by atoms with van der Waals surface area (Å²) in [5.41, 5.74) is 0.957. The Bertz CT molecular complexity index is 988. The quantitative estimate of drug-likeness (QED) is 0.661. The average Bonchev–Trinajstić information content (AvgIpc) is 2.82. The molecule has 0 bridgehead atoms. The van der Waals surface area contributed by atoms with Crippen LogP contribution < -0.4 is 15.4 Å². The maximum absolute atomic E-state index is 12.8. The van der Waals surface area contributed by atoms with Gasteiger partial charge in [0.15, 0.2) is 0 Å². The van der Waals surface area contributed by atoms with Crippen molar-refractivity contribution < 1.29 is 22.7 Å². The highest BCUT2D eigenvalue weighted by Gasteiger charge is 2.30. The number of sulfonamides is 1. The van der Waals surface area contributed by atoms with Gasteiger partial charge in [-0.05, 0) is 29.8 Å². The topological polar surface area (TPSA) is 108 Å². The first-order valence-electron chi connectivity index (χ1n) is 9.88. The lowest BCUT2D eigenvalue weighted by atomic mass is 10.2. The average molecular weight is 447 g/mol. The standard InChI is InChI=1S/C21H26N4O5S/c1-30-18-7-9-19(10-8-18)31(28,29)25-13-11-24(12-14-25)20(26)16-23-21(27)22-15-17-5-3-2-4-6-17/h2-10H,11-16H2,1H3,(H2,22,23,27). The van der Waals surface area contributed by atoms with Gasteiger partial charge in [-0.3, -0.25) is 4.79 Å². The molecule has 0 aliphatic carbocycles. The molecule has 0 unspecified atom stereocenters. The fourth-order valence-electron chi connectivity index (χ4n) is 3.18. The van der Waals surface area contributed by atoms with Crippen molar-refractivity contribution in [3.63, 3.8) is 0 Å². The van der Waals surface area contributed by atoms with Gasteiger partial charge in [0.25, 0.3) is 0 Å². The molecule has 2 aromatic rings. The molecule has 0 atom stereocenters. The van der Waals surface area contributed by atoms with E-state index in [1.807, 2.05) is 30.3 Å². The van der Waals surface area contributed by atoms with Gasteiger partial charge in [-0.1, -0.05) is 30.3 Å². The SMILES string of the molecule is COc1ccc(S(=O)(=O)N2CCN(C(=O)CNC(=O)NCc3ccccc3)CC2)cc1. The summed E-state index contributed by atoms with van der Waals surface area (Å²) >= 11 is 0. The van der Waals surface area contributed by atoms with E-state index in [4.69, 9.17) is 4.74 Å². The molecular formula is C21H26N4O5S. The van der Waals surface area contributed by atoms with Crippen LogP contribution >= 0.6 is 0 Å². The maximum atomic E-state index is 12.8. The molecule has 0 spiro atoms. The fraction of sp³-hybridized carbons (Fsp3) is 0.333. The third-order valence-electron chi connectivity index (χ3n) is 4.98. The Morgan fingerprint density at radius 3 is 2.19 bits per heavy atom. The molecule has 1 heterocycles. The number of methoxy groups -OCH3 is 1. The van der Waals surface area contributed by atoms with Crippen LogP contribution in [0.3, 0.4) is 0 Å². The zero-order valence-corrected chi connectivity index (χ0v) is 18.1. The van der Waals surface area contributed by atoms with E-state index in [0.29, 0.717) is 12.3 Å². The number of benzene rings is 2. The molecule has 1 aliphatic heterocycles. The molecule has 3 amide bonds. The highest BCUT2D eigenvalue weighted by molar-refractivity contribution is 7.89. The number of rotatable bonds is 7. The minimum Gasteiger partial charge on any atom is -0.497 e. The van der Waals surface area contributed by atoms with Gasteiger partial charge in [-0.25, -0.2) is 13.2 Å². The zero-order valence-electron chi connectivity index (χ0n) is 17.3. The number of ether oxygens (including phenoxy) is 1. The highest BCUT2D eigenvalue weighted by atomic mass is 32.2. The molecule has 10 heteroatoms. The smallest absolute Gasteiger partial charge is 0.315 e. The Morgan fingerprint density at radius 2 is 1.58 bits per heavy atom. The number of carbonyl (C=O) groups is 2. The predicted molar refractivity (Wildman–Crippen MR) is 115 cm³/mol. The lowest BCUT2D eigenvalue weighted by molar-refractivity contribution is -0.131. The van der Waals surface area contributed by atoms with Crippen molar-refractivity contribution in [1.29, 1.82) is 0 Å². The van der Waals surface area contributed by atoms with Crippen LogP contribution in [0.15, 0.2) is 59.5 Å². The molecule has 1 fully saturated rings. The van der Waals surface area contributed by atoms with Gasteiger partial charge in [0, 0.05) is 32.7 Å². The van der Waals surface area contributed by atoms with E-state index in [0.717, 1.165) is 5.56 Å². The summed E-state index contributed by atoms with van der Waals surface area (Å²) in [6.45, 7) is 1.14. The van der Waals surface area contributed by atoms with Crippen LogP contribution in [-0.4, -0.2) is 69.4 Å². The molecule has 166 valence electrons. The third kappa shape index (κ3) is 5.96. The molecule has 0 aromatic heterocycles. The molecule has 31 heavy (non-hydrogen) atoms. The third-order valence-corrected chi connectivity index (χ3v) is 6.90. The van der Waals surface area contributed by atoms with Crippen molar-refractivity contribution in [1.82, 2.24) is 19.8 Å². The second kappa shape index (κ2) is 10.3. The summed E-state index contributed by atoms with van der Waals surface area (Å²) in [4.78, 5) is 26.0. The Balaban J connectivity index is 1.44. The number of hydrogen-bond acceptors (Lipinski definition) is 5. The number of carbonyl (C=O) groups excluding carboxylic acids is 2. The molecule has 3 rings (SSSR count). The van der Waals surface area contributed by atoms with E-state index in [1.165, 1.54) is 23.5 Å². The van der Waals surface area contributed by atoms with E-state index in [9.17, 15) is 18.0 Å². The van der Waals surface area contributed by atoms with Crippen molar-refractivity contribution in [2.24, 2.45) is 0 Å². The number of nitrogens with one attached hydrogen (secondary N) is 2. The number of urea groups is 1. The molecule has 9 nitrogen and oxygen atoms in total. The Morgan fingerprint density at radius 1 is 0.935 bits per heavy atom. The van der Waals surface area contributed by atoms with Crippen LogP contribution in [0.25, 0.3) is 0 Å². The van der Waals surface area contributed by atoms with Crippen LogP contribution in [0.2, 0.25) is 0 Å². The second-order valence-electron chi connectivity index (χ2n) is 6.98. The van der Waals surface area contributed by atoms with E-state index in [1.54, 1.807) is 17.0 Å². The molecular weight excluding hydrogens is 420 g/mol. The first kappa shape index (κ1) is 22.6. The predicted octanol–water partition coefficient (Wildman–Crippen LogP) is 1.03. The lowest BCUT2D eigenvalue weighted by Crippen LogP contribution is -2.53. The zero-order chi connectivity index (χ0) is 22.3. The summed E-state index contributed by atoms with van der Waals surface area (Å²) < 4.78 is 32.0. The minimum atomic E-state index is -3.64. The summed E-state index contributed by atoms with van der Waals surface area (Å²) in [5, 5.41) is 5.24. The number of amides is 3. The van der Waals surface area contributed by atoms with Crippen molar-refractivity contribution in [3.8, 4) is 5.75 Å². The lowest BCUT2D eigenvalue weighted by Gasteiger charge is -2.34. The van der Waals surface area contributed by atoms with Gasteiger partial charge in [-0.2, -0.15) is 4.31 Å². The first-order chi connectivity index (χ1) is 14.9. The number of hydrogen-bond donors (Lipinski definition) is 2. The molecule has 0 saturated carbocycles. The van der Waals surface area contributed by atoms with Gasteiger partial charge < -0.3 is 20.3 Å². The summed E-state index contributed by atoms with van der Waals surface area (Å²) in [7, 11) is -2.12. The van der Waals surface area contributed by atoms with E-state index < -0.39 is 16.1 Å². The van der Waals surface area contributed by atoms with Gasteiger partial charge in [-0.15, -0.1) is 0 Å². The van der Waals surface area contributed by atoms with Crippen molar-refractivity contribution >= 4 is 22.0 Å². The van der Waals surface area contributed by atoms with Crippen LogP contribution in [0.1, 0.15) is 5.56 Å². The van der Waals surface area contributed by atoms with Gasteiger partial charge in [0.05, 0.1) is 18.6 Å². The van der Waals surface area contributed by atoms with Crippen molar-refractivity contribution in [2.75, 3.05) is 39.8 Å². The monoisotopic (exact) mass is 446 g/mol. The van der Waals surface area contributed by atoms with Gasteiger partial charge in [0.2, 0.25) is 15.9 Å². The van der Waals surface area contributed by atoms with Crippen LogP contribution in [0.5, 0.6) is 5.75 Å². The second-order valence-corrected chi connectivity index (χ2v) is 8.92. The summed E-state index contributed by atoms with van der Waals surface area (Å²) in [5.74, 6) is 0.325. The summed E-state index contributed by atoms with van der Waals surface area (Å²) in [6, 6.07) is 15.2. The molecule has 1 saturated heterocycles. The van der Waals surface area contributed by atoms with E-state index >= 15 is 0 Å². The van der Waals surface area contributed by atoms with Crippen molar-refractivity contribution in [2.45, 2.75) is 11.4 Å².